The number of nitrogens with one attached hydrogen (secondary N) is 1. The van der Waals surface area contributed by atoms with E-state index in [-0.39, 0.29) is 5.54 Å². The Morgan fingerprint density at radius 3 is 3.11 bits per heavy atom. The molecule has 0 aromatic carbocycles. The quantitative estimate of drug-likeness (QED) is 0.880. The molecule has 1 N–H and O–H groups in total. The predicted molar refractivity (Wildman–Crippen MR) is 73.5 cm³/mol. The van der Waals surface area contributed by atoms with Crippen LogP contribution in [-0.4, -0.2) is 37.5 Å². The largest absolute Gasteiger partial charge is 0.299 e. The van der Waals surface area contributed by atoms with Crippen LogP contribution in [0.1, 0.15) is 39.0 Å². The smallest absolute Gasteiger partial charge is 0.209 e. The summed E-state index contributed by atoms with van der Waals surface area (Å²) in [6.07, 6.45) is 5.05. The Kier molecular flexibility index (Phi) is 4.77. The fraction of sp³-hybridized carbons (Fsp3) is 0.833. The minimum atomic E-state index is -0.363. The molecule has 1 fully saturated rings. The van der Waals surface area contributed by atoms with E-state index in [0.717, 1.165) is 43.8 Å². The van der Waals surface area contributed by atoms with Crippen LogP contribution in [0.3, 0.4) is 0 Å². The van der Waals surface area contributed by atoms with Gasteiger partial charge in [0.25, 0.3) is 0 Å². The molecule has 1 saturated carbocycles. The molecule has 0 spiro atoms. The van der Waals surface area contributed by atoms with Crippen LogP contribution >= 0.6 is 11.8 Å². The van der Waals surface area contributed by atoms with Crippen LogP contribution in [0, 0.1) is 11.3 Å². The highest BCUT2D eigenvalue weighted by atomic mass is 32.2. The molecule has 0 amide bonds. The van der Waals surface area contributed by atoms with Crippen molar-refractivity contribution in [3.8, 4) is 6.07 Å². The summed E-state index contributed by atoms with van der Waals surface area (Å²) in [7, 11) is 1.85. The van der Waals surface area contributed by atoms with E-state index in [0.29, 0.717) is 5.25 Å². The maximum Gasteiger partial charge on any atom is 0.209 e. The summed E-state index contributed by atoms with van der Waals surface area (Å²) in [6, 6.07) is 2.49. The van der Waals surface area contributed by atoms with Crippen molar-refractivity contribution in [1.29, 1.82) is 5.26 Å². The molecule has 6 nitrogen and oxygen atoms in total. The fourth-order valence-corrected chi connectivity index (χ4v) is 3.68. The number of tetrazole rings is 1. The molecule has 0 saturated heterocycles. The van der Waals surface area contributed by atoms with Gasteiger partial charge in [-0.2, -0.15) is 5.26 Å². The number of thioether (sulfide) groups is 1. The molecule has 2 unspecified atom stereocenters. The van der Waals surface area contributed by atoms with E-state index >= 15 is 0 Å². The average molecular weight is 280 g/mol. The first-order chi connectivity index (χ1) is 9.19. The second-order valence-corrected chi connectivity index (χ2v) is 6.31. The summed E-state index contributed by atoms with van der Waals surface area (Å²) in [6.45, 7) is 3.02. The van der Waals surface area contributed by atoms with Crippen molar-refractivity contribution in [3.05, 3.63) is 0 Å². The maximum absolute atomic E-state index is 9.50. The molecule has 104 valence electrons. The Hall–Kier alpha value is -1.13. The van der Waals surface area contributed by atoms with E-state index in [1.54, 1.807) is 16.4 Å². The summed E-state index contributed by atoms with van der Waals surface area (Å²) < 4.78 is 1.69. The molecule has 1 heterocycles. The summed E-state index contributed by atoms with van der Waals surface area (Å²) in [5.41, 5.74) is -0.363. The SMILES string of the molecule is CCCNC1(C#N)CCCC(Sc2nnnn2C)C1. The third-order valence-electron chi connectivity index (χ3n) is 3.49. The van der Waals surface area contributed by atoms with Gasteiger partial charge < -0.3 is 0 Å². The van der Waals surface area contributed by atoms with Crippen LogP contribution in [0.25, 0.3) is 0 Å². The minimum Gasteiger partial charge on any atom is -0.299 e. The predicted octanol–water partition coefficient (Wildman–Crippen LogP) is 1.51. The van der Waals surface area contributed by atoms with E-state index in [9.17, 15) is 5.26 Å². The second kappa shape index (κ2) is 6.35. The van der Waals surface area contributed by atoms with Gasteiger partial charge in [-0.1, -0.05) is 18.7 Å². The lowest BCUT2D eigenvalue weighted by Crippen LogP contribution is -2.48. The van der Waals surface area contributed by atoms with Crippen molar-refractivity contribution >= 4 is 11.8 Å². The first-order valence-corrected chi connectivity index (χ1v) is 7.62. The molecule has 1 aromatic rings. The summed E-state index contributed by atoms with van der Waals surface area (Å²) in [4.78, 5) is 0. The fourth-order valence-electron chi connectivity index (χ4n) is 2.46. The number of aromatic nitrogens is 4. The molecular weight excluding hydrogens is 260 g/mol. The van der Waals surface area contributed by atoms with Crippen molar-refractivity contribution < 1.29 is 0 Å². The number of hydrogen-bond acceptors (Lipinski definition) is 6. The molecule has 2 rings (SSSR count). The lowest BCUT2D eigenvalue weighted by molar-refractivity contribution is 0.304. The standard InChI is InChI=1S/C12H20N6S/c1-3-7-14-12(9-13)6-4-5-10(8-12)19-11-15-16-17-18(11)2/h10,14H,3-8H2,1-2H3. The Bertz CT molecular complexity index is 453. The van der Waals surface area contributed by atoms with Crippen molar-refractivity contribution in [2.45, 2.75) is 55.0 Å². The van der Waals surface area contributed by atoms with Gasteiger partial charge in [0.1, 0.15) is 5.54 Å². The summed E-state index contributed by atoms with van der Waals surface area (Å²) >= 11 is 1.68. The molecule has 7 heteroatoms. The highest BCUT2D eigenvalue weighted by Gasteiger charge is 2.36. The Morgan fingerprint density at radius 2 is 2.47 bits per heavy atom. The topological polar surface area (TPSA) is 79.4 Å². The number of hydrogen-bond donors (Lipinski definition) is 1. The van der Waals surface area contributed by atoms with Crippen LogP contribution in [0.4, 0.5) is 0 Å². The van der Waals surface area contributed by atoms with E-state index in [2.05, 4.69) is 33.8 Å². The van der Waals surface area contributed by atoms with Crippen molar-refractivity contribution in [1.82, 2.24) is 25.5 Å². The Balaban J connectivity index is 2.00. The van der Waals surface area contributed by atoms with Crippen LogP contribution in [-0.2, 0) is 7.05 Å². The molecular formula is C12H20N6S. The van der Waals surface area contributed by atoms with E-state index in [1.165, 1.54) is 0 Å². The molecule has 1 aromatic heterocycles. The van der Waals surface area contributed by atoms with Gasteiger partial charge in [0.15, 0.2) is 0 Å². The Morgan fingerprint density at radius 1 is 1.63 bits per heavy atom. The molecule has 1 aliphatic carbocycles. The van der Waals surface area contributed by atoms with Gasteiger partial charge in [0.05, 0.1) is 6.07 Å². The molecule has 0 bridgehead atoms. The van der Waals surface area contributed by atoms with Gasteiger partial charge in [0.2, 0.25) is 5.16 Å². The number of aryl methyl sites for hydroxylation is 1. The van der Waals surface area contributed by atoms with Gasteiger partial charge in [0, 0.05) is 12.3 Å². The van der Waals surface area contributed by atoms with E-state index in [1.807, 2.05) is 7.05 Å². The van der Waals surface area contributed by atoms with E-state index in [4.69, 9.17) is 0 Å². The third kappa shape index (κ3) is 3.45. The second-order valence-electron chi connectivity index (χ2n) is 5.04. The molecule has 1 aliphatic rings. The lowest BCUT2D eigenvalue weighted by Gasteiger charge is -2.35. The highest BCUT2D eigenvalue weighted by molar-refractivity contribution is 7.99. The summed E-state index contributed by atoms with van der Waals surface area (Å²) in [5, 5.41) is 25.7. The molecule has 0 aliphatic heterocycles. The highest BCUT2D eigenvalue weighted by Crippen LogP contribution is 2.37. The van der Waals surface area contributed by atoms with Gasteiger partial charge in [-0.3, -0.25) is 5.32 Å². The van der Waals surface area contributed by atoms with Crippen molar-refractivity contribution in [2.24, 2.45) is 7.05 Å². The lowest BCUT2D eigenvalue weighted by atomic mass is 9.82. The maximum atomic E-state index is 9.50. The number of nitrogens with zero attached hydrogens (tertiary/aromatic N) is 5. The molecule has 2 atom stereocenters. The first kappa shape index (κ1) is 14.3. The zero-order valence-corrected chi connectivity index (χ0v) is 12.3. The van der Waals surface area contributed by atoms with Gasteiger partial charge in [-0.05, 0) is 49.1 Å². The van der Waals surface area contributed by atoms with Crippen molar-refractivity contribution in [3.63, 3.8) is 0 Å². The zero-order valence-electron chi connectivity index (χ0n) is 11.5. The normalized spacial score (nSPS) is 27.1. The molecule has 0 radical (unpaired) electrons. The Labute approximate surface area is 117 Å². The average Bonchev–Trinajstić information content (AvgIpc) is 2.82. The number of nitriles is 1. The third-order valence-corrected chi connectivity index (χ3v) is 4.78. The molecule has 19 heavy (non-hydrogen) atoms. The summed E-state index contributed by atoms with van der Waals surface area (Å²) in [5.74, 6) is 0. The monoisotopic (exact) mass is 280 g/mol. The van der Waals surface area contributed by atoms with Gasteiger partial charge in [-0.25, -0.2) is 4.68 Å². The van der Waals surface area contributed by atoms with Gasteiger partial charge >= 0.3 is 0 Å². The van der Waals surface area contributed by atoms with Crippen LogP contribution in [0.5, 0.6) is 0 Å². The zero-order chi connectivity index (χ0) is 13.7. The van der Waals surface area contributed by atoms with Crippen LogP contribution in [0.2, 0.25) is 0 Å². The first-order valence-electron chi connectivity index (χ1n) is 6.74. The number of rotatable bonds is 5. The van der Waals surface area contributed by atoms with Crippen LogP contribution in [0.15, 0.2) is 5.16 Å². The van der Waals surface area contributed by atoms with Gasteiger partial charge in [-0.15, -0.1) is 5.10 Å². The van der Waals surface area contributed by atoms with Crippen LogP contribution < -0.4 is 5.32 Å². The minimum absolute atomic E-state index is 0.363. The van der Waals surface area contributed by atoms with E-state index < -0.39 is 0 Å². The van der Waals surface area contributed by atoms with Crippen molar-refractivity contribution in [2.75, 3.05) is 6.54 Å².